The average molecular weight is 219 g/mol. The van der Waals surface area contributed by atoms with Crippen LogP contribution in [0.25, 0.3) is 0 Å². The summed E-state index contributed by atoms with van der Waals surface area (Å²) in [5, 5.41) is -0.451. The normalized spacial score (nSPS) is 14.8. The van der Waals surface area contributed by atoms with Crippen LogP contribution in [-0.2, 0) is 9.05 Å². The molecule has 0 spiro atoms. The van der Waals surface area contributed by atoms with E-state index in [2.05, 4.69) is 0 Å². The van der Waals surface area contributed by atoms with Crippen LogP contribution in [0.3, 0.4) is 0 Å². The Morgan fingerprint density at radius 2 is 1.91 bits per heavy atom. The molecular formula is C6H12Cl2O2S. The highest BCUT2D eigenvalue weighted by Gasteiger charge is 2.16. The van der Waals surface area contributed by atoms with E-state index in [1.807, 2.05) is 0 Å². The van der Waals surface area contributed by atoms with Crippen LogP contribution in [0, 0.1) is 0 Å². The van der Waals surface area contributed by atoms with E-state index in [0.29, 0.717) is 12.3 Å². The number of hydrogen-bond acceptors (Lipinski definition) is 2. The van der Waals surface area contributed by atoms with Crippen LogP contribution in [0.2, 0.25) is 0 Å². The molecule has 0 bridgehead atoms. The Kier molecular flexibility index (Phi) is 5.48. The lowest BCUT2D eigenvalue weighted by atomic mass is 10.2. The van der Waals surface area contributed by atoms with Crippen LogP contribution >= 0.6 is 22.3 Å². The highest BCUT2D eigenvalue weighted by molar-refractivity contribution is 8.14. The molecule has 2 nitrogen and oxygen atoms in total. The fourth-order valence-electron chi connectivity index (χ4n) is 0.667. The number of rotatable bonds is 5. The molecule has 1 atom stereocenters. The Hall–Kier alpha value is 0.530. The first kappa shape index (κ1) is 11.5. The SMILES string of the molecule is CC(CCCCCl)S(=O)(=O)Cl. The number of unbranched alkanes of at least 4 members (excludes halogenated alkanes) is 1. The van der Waals surface area contributed by atoms with Crippen molar-refractivity contribution in [2.24, 2.45) is 0 Å². The minimum atomic E-state index is -3.35. The van der Waals surface area contributed by atoms with Crippen molar-refractivity contribution >= 4 is 31.3 Å². The lowest BCUT2D eigenvalue weighted by Crippen LogP contribution is -2.11. The Bertz CT molecular complexity index is 189. The van der Waals surface area contributed by atoms with Gasteiger partial charge in [-0.05, 0) is 19.8 Å². The Morgan fingerprint density at radius 3 is 2.27 bits per heavy atom. The molecule has 68 valence electrons. The topological polar surface area (TPSA) is 34.1 Å². The van der Waals surface area contributed by atoms with E-state index in [0.717, 1.165) is 12.8 Å². The predicted octanol–water partition coefficient (Wildman–Crippen LogP) is 2.35. The van der Waals surface area contributed by atoms with E-state index in [1.54, 1.807) is 6.92 Å². The van der Waals surface area contributed by atoms with Gasteiger partial charge >= 0.3 is 0 Å². The lowest BCUT2D eigenvalue weighted by Gasteiger charge is -2.05. The van der Waals surface area contributed by atoms with Crippen molar-refractivity contribution in [2.75, 3.05) is 5.88 Å². The van der Waals surface area contributed by atoms with Crippen molar-refractivity contribution < 1.29 is 8.42 Å². The fourth-order valence-corrected chi connectivity index (χ4v) is 1.57. The molecule has 5 heteroatoms. The van der Waals surface area contributed by atoms with Crippen LogP contribution in [-0.4, -0.2) is 19.5 Å². The van der Waals surface area contributed by atoms with Gasteiger partial charge in [-0.2, -0.15) is 0 Å². The first-order valence-electron chi connectivity index (χ1n) is 3.48. The number of hydrogen-bond donors (Lipinski definition) is 0. The zero-order valence-corrected chi connectivity index (χ0v) is 8.71. The molecule has 0 aliphatic rings. The summed E-state index contributed by atoms with van der Waals surface area (Å²) >= 11 is 5.42. The van der Waals surface area contributed by atoms with Gasteiger partial charge in [-0.1, -0.05) is 6.42 Å². The summed E-state index contributed by atoms with van der Waals surface area (Å²) in [6, 6.07) is 0. The van der Waals surface area contributed by atoms with Gasteiger partial charge < -0.3 is 0 Å². The smallest absolute Gasteiger partial charge is 0.212 e. The van der Waals surface area contributed by atoms with Gasteiger partial charge in [-0.3, -0.25) is 0 Å². The van der Waals surface area contributed by atoms with Gasteiger partial charge in [0.25, 0.3) is 0 Å². The van der Waals surface area contributed by atoms with E-state index < -0.39 is 14.3 Å². The van der Waals surface area contributed by atoms with Crippen molar-refractivity contribution in [3.8, 4) is 0 Å². The van der Waals surface area contributed by atoms with Crippen LogP contribution in [0.5, 0.6) is 0 Å². The predicted molar refractivity (Wildman–Crippen MR) is 48.8 cm³/mol. The third kappa shape index (κ3) is 5.76. The van der Waals surface area contributed by atoms with Gasteiger partial charge in [0.15, 0.2) is 0 Å². The zero-order valence-electron chi connectivity index (χ0n) is 6.39. The largest absolute Gasteiger partial charge is 0.235 e. The molecular weight excluding hydrogens is 207 g/mol. The van der Waals surface area contributed by atoms with Crippen LogP contribution in [0.1, 0.15) is 26.2 Å². The van der Waals surface area contributed by atoms with Crippen LogP contribution in [0.4, 0.5) is 0 Å². The summed E-state index contributed by atoms with van der Waals surface area (Å²) < 4.78 is 21.3. The Morgan fingerprint density at radius 1 is 1.36 bits per heavy atom. The first-order chi connectivity index (χ1) is 4.98. The third-order valence-electron chi connectivity index (χ3n) is 1.47. The molecule has 0 aromatic carbocycles. The summed E-state index contributed by atoms with van der Waals surface area (Å²) in [7, 11) is 1.75. The van der Waals surface area contributed by atoms with Crippen LogP contribution < -0.4 is 0 Å². The zero-order chi connectivity index (χ0) is 8.91. The summed E-state index contributed by atoms with van der Waals surface area (Å²) in [4.78, 5) is 0. The summed E-state index contributed by atoms with van der Waals surface area (Å²) in [6.45, 7) is 1.61. The molecule has 0 aliphatic carbocycles. The van der Waals surface area contributed by atoms with Gasteiger partial charge in [0, 0.05) is 16.6 Å². The monoisotopic (exact) mass is 218 g/mol. The molecule has 0 amide bonds. The Labute approximate surface area is 77.3 Å². The maximum Gasteiger partial charge on any atom is 0.235 e. The lowest BCUT2D eigenvalue weighted by molar-refractivity contribution is 0.586. The van der Waals surface area contributed by atoms with Gasteiger partial charge in [0.2, 0.25) is 9.05 Å². The molecule has 0 heterocycles. The quantitative estimate of drug-likeness (QED) is 0.404. The van der Waals surface area contributed by atoms with E-state index >= 15 is 0 Å². The highest BCUT2D eigenvalue weighted by Crippen LogP contribution is 2.13. The van der Waals surface area contributed by atoms with Crippen molar-refractivity contribution in [2.45, 2.75) is 31.4 Å². The molecule has 0 N–H and O–H groups in total. The molecule has 11 heavy (non-hydrogen) atoms. The maximum atomic E-state index is 10.7. The van der Waals surface area contributed by atoms with E-state index in [1.165, 1.54) is 0 Å². The molecule has 1 unspecified atom stereocenters. The van der Waals surface area contributed by atoms with Gasteiger partial charge in [-0.25, -0.2) is 8.42 Å². The molecule has 0 fully saturated rings. The third-order valence-corrected chi connectivity index (χ3v) is 3.85. The highest BCUT2D eigenvalue weighted by atomic mass is 35.7. The van der Waals surface area contributed by atoms with Gasteiger partial charge in [-0.15, -0.1) is 11.6 Å². The van der Waals surface area contributed by atoms with E-state index in [9.17, 15) is 8.42 Å². The average Bonchev–Trinajstić information content (AvgIpc) is 1.86. The summed E-state index contributed by atoms with van der Waals surface area (Å²) in [6.07, 6.45) is 2.26. The first-order valence-corrected chi connectivity index (χ1v) is 6.38. The second-order valence-electron chi connectivity index (χ2n) is 2.47. The summed E-state index contributed by atoms with van der Waals surface area (Å²) in [5.41, 5.74) is 0. The Balaban J connectivity index is 3.62. The molecule has 0 saturated heterocycles. The molecule has 0 radical (unpaired) electrons. The van der Waals surface area contributed by atoms with E-state index in [4.69, 9.17) is 22.3 Å². The second-order valence-corrected chi connectivity index (χ2v) is 5.90. The molecule has 0 aliphatic heterocycles. The molecule has 0 rings (SSSR count). The second kappa shape index (κ2) is 5.22. The van der Waals surface area contributed by atoms with Gasteiger partial charge in [0.1, 0.15) is 0 Å². The minimum Gasteiger partial charge on any atom is -0.212 e. The fraction of sp³-hybridized carbons (Fsp3) is 1.00. The molecule has 0 aromatic heterocycles. The molecule has 0 saturated carbocycles. The van der Waals surface area contributed by atoms with Crippen molar-refractivity contribution in [1.82, 2.24) is 0 Å². The number of alkyl halides is 1. The standard InChI is InChI=1S/C6H12Cl2O2S/c1-6(11(8,9)10)4-2-3-5-7/h6H,2-5H2,1H3. The molecule has 0 aromatic rings. The van der Waals surface area contributed by atoms with Crippen molar-refractivity contribution in [3.63, 3.8) is 0 Å². The van der Waals surface area contributed by atoms with Gasteiger partial charge in [0.05, 0.1) is 5.25 Å². The minimum absolute atomic E-state index is 0.451. The maximum absolute atomic E-state index is 10.7. The van der Waals surface area contributed by atoms with Crippen molar-refractivity contribution in [3.05, 3.63) is 0 Å². The van der Waals surface area contributed by atoms with E-state index in [-0.39, 0.29) is 0 Å². The van der Waals surface area contributed by atoms with Crippen LogP contribution in [0.15, 0.2) is 0 Å². The summed E-state index contributed by atoms with van der Waals surface area (Å²) in [5.74, 6) is 0.578. The number of halogens is 2. The van der Waals surface area contributed by atoms with Crippen molar-refractivity contribution in [1.29, 1.82) is 0 Å².